The lowest BCUT2D eigenvalue weighted by atomic mass is 9.41. The number of nitrogens with zero attached hydrogens (tertiary/aromatic N) is 1. The molecule has 0 unspecified atom stereocenters. The average molecular weight is 564 g/mol. The van der Waals surface area contributed by atoms with Crippen molar-refractivity contribution in [2.75, 3.05) is 34.1 Å². The highest BCUT2D eigenvalue weighted by Gasteiger charge is 2.98. The Morgan fingerprint density at radius 3 is 2.48 bits per heavy atom. The maximum Gasteiger partial charge on any atom is 0.308 e. The number of rotatable bonds is 6. The zero-order chi connectivity index (χ0) is 28.6. The summed E-state index contributed by atoms with van der Waals surface area (Å²) in [6.07, 6.45) is 0.555. The van der Waals surface area contributed by atoms with E-state index in [0.29, 0.717) is 12.8 Å². The molecule has 2 heterocycles. The lowest BCUT2D eigenvalue weighted by molar-refractivity contribution is -0.331. The van der Waals surface area contributed by atoms with Gasteiger partial charge in [0.25, 0.3) is 0 Å². The number of ether oxygens (including phenoxy) is 6. The Labute approximate surface area is 236 Å². The van der Waals surface area contributed by atoms with E-state index in [-0.39, 0.29) is 60.2 Å². The molecule has 5 saturated carbocycles. The fourth-order valence-electron chi connectivity index (χ4n) is 11.9. The molecule has 224 valence electrons. The van der Waals surface area contributed by atoms with Gasteiger partial charge in [-0.05, 0) is 31.2 Å². The molecule has 7 fully saturated rings. The molecule has 7 aliphatic rings. The number of piperidine rings is 1. The summed E-state index contributed by atoms with van der Waals surface area (Å²) in [5.41, 5.74) is -4.64. The van der Waals surface area contributed by atoms with Crippen molar-refractivity contribution in [2.45, 2.75) is 108 Å². The van der Waals surface area contributed by atoms with E-state index in [4.69, 9.17) is 28.4 Å². The first-order valence-electron chi connectivity index (χ1n) is 15.1. The molecule has 0 aromatic rings. The highest BCUT2D eigenvalue weighted by Crippen LogP contribution is 2.83. The zero-order valence-corrected chi connectivity index (χ0v) is 24.8. The number of carbonyl (C=O) groups is 2. The van der Waals surface area contributed by atoms with Crippen molar-refractivity contribution >= 4 is 11.9 Å². The van der Waals surface area contributed by atoms with Crippen molar-refractivity contribution in [3.8, 4) is 0 Å². The van der Waals surface area contributed by atoms with Gasteiger partial charge in [-0.15, -0.1) is 0 Å². The van der Waals surface area contributed by atoms with Gasteiger partial charge in [-0.25, -0.2) is 0 Å². The minimum atomic E-state index is -1.34. The van der Waals surface area contributed by atoms with E-state index in [1.807, 2.05) is 13.8 Å². The number of likely N-dealkylation sites (tertiary alicyclic amines) is 1. The summed E-state index contributed by atoms with van der Waals surface area (Å²) in [6, 6.07) is -0.322. The lowest BCUT2D eigenvalue weighted by Gasteiger charge is -2.71. The molecule has 7 rings (SSSR count). The van der Waals surface area contributed by atoms with Crippen molar-refractivity contribution in [3.05, 3.63) is 0 Å². The SMILES string of the molecule is CCN1C[C@]2(C)CC[C@H](OC)[C@]34[C@@H]2[C@H](OC(C)=O)[C@]2(OCO[C@@]25C[C@H](OC)[C@H]2C[C@]3(O)[C@@H]5[C@H]2OC(=O)C(C)C)[C@@H]14. The van der Waals surface area contributed by atoms with Crippen LogP contribution in [0.2, 0.25) is 0 Å². The number of aliphatic hydroxyl groups is 1. The largest absolute Gasteiger partial charge is 0.461 e. The van der Waals surface area contributed by atoms with Crippen molar-refractivity contribution in [1.82, 2.24) is 4.90 Å². The van der Waals surface area contributed by atoms with Gasteiger partial charge in [0.15, 0.2) is 5.60 Å². The van der Waals surface area contributed by atoms with Gasteiger partial charge in [0.1, 0.15) is 24.6 Å². The number of hydrogen-bond acceptors (Lipinski definition) is 10. The molecule has 13 atom stereocenters. The predicted octanol–water partition coefficient (Wildman–Crippen LogP) is 1.90. The van der Waals surface area contributed by atoms with Gasteiger partial charge in [0.2, 0.25) is 0 Å². The summed E-state index contributed by atoms with van der Waals surface area (Å²) in [4.78, 5) is 28.5. The summed E-state index contributed by atoms with van der Waals surface area (Å²) < 4.78 is 38.9. The normalized spacial score (nSPS) is 55.3. The monoisotopic (exact) mass is 563 g/mol. The Hall–Kier alpha value is -1.30. The van der Waals surface area contributed by atoms with Crippen LogP contribution in [0.25, 0.3) is 0 Å². The maximum atomic E-state index is 13.6. The number of hydrogen-bond donors (Lipinski definition) is 1. The van der Waals surface area contributed by atoms with Crippen LogP contribution in [-0.4, -0.2) is 103 Å². The van der Waals surface area contributed by atoms with E-state index in [1.165, 1.54) is 6.92 Å². The standard InChI is InChI=1S/C30H45NO9/c1-8-31-13-26(5)10-9-19(36-7)29-22(26)23(39-16(4)32)30(25(29)31)28(37-14-38-30)12-18(35-6)17-11-27(29,34)21(28)20(17)40-24(33)15(2)3/h15,17-23,25,34H,8-14H2,1-7H3/t17-,18+,19+,20+,21+,22-,23+,25+,26+,27+,28-,29-,30+/m1/s1. The van der Waals surface area contributed by atoms with Gasteiger partial charge < -0.3 is 33.5 Å². The van der Waals surface area contributed by atoms with Gasteiger partial charge >= 0.3 is 11.9 Å². The summed E-state index contributed by atoms with van der Waals surface area (Å²) in [5.74, 6) is -2.04. The van der Waals surface area contributed by atoms with Crippen LogP contribution in [0, 0.1) is 34.5 Å². The van der Waals surface area contributed by atoms with Crippen LogP contribution >= 0.6 is 0 Å². The Morgan fingerprint density at radius 1 is 1.10 bits per heavy atom. The third-order valence-electron chi connectivity index (χ3n) is 12.6. The van der Waals surface area contributed by atoms with Crippen molar-refractivity contribution in [3.63, 3.8) is 0 Å². The minimum Gasteiger partial charge on any atom is -0.461 e. The molecule has 0 amide bonds. The number of esters is 2. The summed E-state index contributed by atoms with van der Waals surface area (Å²) in [6.45, 7) is 11.1. The van der Waals surface area contributed by atoms with E-state index in [1.54, 1.807) is 14.2 Å². The van der Waals surface area contributed by atoms with E-state index in [9.17, 15) is 14.7 Å². The summed E-state index contributed by atoms with van der Waals surface area (Å²) >= 11 is 0. The van der Waals surface area contributed by atoms with Crippen LogP contribution < -0.4 is 0 Å². The van der Waals surface area contributed by atoms with Gasteiger partial charge in [0.05, 0.1) is 41.1 Å². The van der Waals surface area contributed by atoms with Crippen molar-refractivity contribution < 1.29 is 43.1 Å². The van der Waals surface area contributed by atoms with Crippen LogP contribution in [0.1, 0.15) is 60.3 Å². The van der Waals surface area contributed by atoms with Crippen LogP contribution in [0.4, 0.5) is 0 Å². The Kier molecular flexibility index (Phi) is 5.79. The molecule has 2 saturated heterocycles. The second-order valence-corrected chi connectivity index (χ2v) is 14.2. The molecule has 10 heteroatoms. The molecule has 40 heavy (non-hydrogen) atoms. The van der Waals surface area contributed by atoms with Gasteiger partial charge in [-0.1, -0.05) is 27.7 Å². The van der Waals surface area contributed by atoms with E-state index >= 15 is 0 Å². The number of likely N-dealkylation sites (N-methyl/N-ethyl adjacent to an activating group) is 1. The first-order chi connectivity index (χ1) is 18.9. The van der Waals surface area contributed by atoms with Crippen LogP contribution in [0.15, 0.2) is 0 Å². The number of fused-ring (bicyclic) bond motifs is 1. The first kappa shape index (κ1) is 27.5. The Bertz CT molecular complexity index is 1120. The molecule has 5 aliphatic carbocycles. The third-order valence-corrected chi connectivity index (χ3v) is 12.6. The molecule has 7 bridgehead atoms. The highest BCUT2D eigenvalue weighted by molar-refractivity contribution is 5.72. The van der Waals surface area contributed by atoms with Gasteiger partial charge in [-0.2, -0.15) is 0 Å². The fraction of sp³-hybridized carbons (Fsp3) is 0.933. The second kappa shape index (κ2) is 8.41. The van der Waals surface area contributed by atoms with Crippen LogP contribution in [0.5, 0.6) is 0 Å². The topological polar surface area (TPSA) is 113 Å². The smallest absolute Gasteiger partial charge is 0.308 e. The van der Waals surface area contributed by atoms with Crippen LogP contribution in [-0.2, 0) is 38.0 Å². The Balaban J connectivity index is 1.57. The lowest BCUT2D eigenvalue weighted by Crippen LogP contribution is -2.85. The van der Waals surface area contributed by atoms with E-state index in [0.717, 1.165) is 25.9 Å². The molecular formula is C30H45NO9. The first-order valence-corrected chi connectivity index (χ1v) is 15.1. The van der Waals surface area contributed by atoms with Gasteiger partial charge in [-0.3, -0.25) is 14.5 Å². The highest BCUT2D eigenvalue weighted by atomic mass is 16.7. The van der Waals surface area contributed by atoms with E-state index in [2.05, 4.69) is 18.7 Å². The van der Waals surface area contributed by atoms with Crippen molar-refractivity contribution in [1.29, 1.82) is 0 Å². The molecule has 0 aromatic carbocycles. The quantitative estimate of drug-likeness (QED) is 0.481. The summed E-state index contributed by atoms with van der Waals surface area (Å²) in [5, 5.41) is 13.6. The number of carbonyl (C=O) groups excluding carboxylic acids is 2. The Morgan fingerprint density at radius 2 is 1.85 bits per heavy atom. The number of methoxy groups -OCH3 is 2. The fourth-order valence-corrected chi connectivity index (χ4v) is 11.9. The van der Waals surface area contributed by atoms with Crippen LogP contribution in [0.3, 0.4) is 0 Å². The maximum absolute atomic E-state index is 13.6. The van der Waals surface area contributed by atoms with E-state index < -0.39 is 40.3 Å². The van der Waals surface area contributed by atoms with Crippen molar-refractivity contribution in [2.24, 2.45) is 34.5 Å². The molecule has 1 N–H and O–H groups in total. The minimum absolute atomic E-state index is 0.00150. The van der Waals surface area contributed by atoms with Gasteiger partial charge in [0, 0.05) is 45.9 Å². The molecule has 2 aliphatic heterocycles. The molecule has 0 radical (unpaired) electrons. The zero-order valence-electron chi connectivity index (χ0n) is 24.8. The summed E-state index contributed by atoms with van der Waals surface area (Å²) in [7, 11) is 3.40. The predicted molar refractivity (Wildman–Crippen MR) is 140 cm³/mol. The molecule has 0 aromatic heterocycles. The second-order valence-electron chi connectivity index (χ2n) is 14.2. The molecule has 10 nitrogen and oxygen atoms in total. The molecule has 3 spiro atoms. The average Bonchev–Trinajstić information content (AvgIpc) is 3.44. The third kappa shape index (κ3) is 2.70. The molecular weight excluding hydrogens is 518 g/mol.